The van der Waals surface area contributed by atoms with E-state index in [1.807, 2.05) is 12.1 Å². The summed E-state index contributed by atoms with van der Waals surface area (Å²) in [7, 11) is 0. The first-order valence-electron chi connectivity index (χ1n) is 7.35. The number of hydrogen-bond acceptors (Lipinski definition) is 5. The molecule has 1 rings (SSSR count). The van der Waals surface area contributed by atoms with Gasteiger partial charge in [0.2, 0.25) is 0 Å². The third-order valence-corrected chi connectivity index (χ3v) is 3.01. The lowest BCUT2D eigenvalue weighted by Gasteiger charge is -2.23. The number of nitrogens with two attached hydrogens (primary N) is 1. The molecule has 0 aliphatic carbocycles. The number of aliphatic hydroxyl groups is 2. The highest BCUT2D eigenvalue weighted by molar-refractivity contribution is 5.67. The zero-order valence-corrected chi connectivity index (χ0v) is 13.4. The summed E-state index contributed by atoms with van der Waals surface area (Å²) < 4.78 is 5.08. The summed E-state index contributed by atoms with van der Waals surface area (Å²) in [5.41, 5.74) is 6.44. The number of amides is 1. The molecule has 0 bridgehead atoms. The Labute approximate surface area is 131 Å². The van der Waals surface area contributed by atoms with Crippen LogP contribution in [-0.2, 0) is 11.2 Å². The number of carbonyl (C=O) groups is 1. The van der Waals surface area contributed by atoms with Gasteiger partial charge in [-0.15, -0.1) is 0 Å². The monoisotopic (exact) mass is 310 g/mol. The molecule has 0 heterocycles. The Bertz CT molecular complexity index is 485. The van der Waals surface area contributed by atoms with Crippen molar-refractivity contribution < 1.29 is 19.7 Å². The number of nitrogens with one attached hydrogen (secondary N) is 1. The lowest BCUT2D eigenvalue weighted by atomic mass is 9.96. The normalized spacial score (nSPS) is 14.3. The molecule has 6 heteroatoms. The molecule has 0 saturated carbocycles. The van der Waals surface area contributed by atoms with E-state index in [-0.39, 0.29) is 6.54 Å². The lowest BCUT2D eigenvalue weighted by molar-refractivity contribution is 0.0125. The minimum atomic E-state index is -1.13. The van der Waals surface area contributed by atoms with Crippen molar-refractivity contribution in [2.24, 2.45) is 5.73 Å². The third-order valence-electron chi connectivity index (χ3n) is 3.01. The van der Waals surface area contributed by atoms with Gasteiger partial charge < -0.3 is 26.0 Å². The number of benzene rings is 1. The molecule has 0 fully saturated rings. The summed E-state index contributed by atoms with van der Waals surface area (Å²) in [6.45, 7) is 5.60. The van der Waals surface area contributed by atoms with Gasteiger partial charge in [-0.3, -0.25) is 0 Å². The Kier molecular flexibility index (Phi) is 6.80. The van der Waals surface area contributed by atoms with Gasteiger partial charge in [-0.05, 0) is 44.9 Å². The van der Waals surface area contributed by atoms with Gasteiger partial charge in [-0.2, -0.15) is 0 Å². The highest BCUT2D eigenvalue weighted by Crippen LogP contribution is 2.21. The average molecular weight is 310 g/mol. The van der Waals surface area contributed by atoms with Crippen molar-refractivity contribution in [3.8, 4) is 0 Å². The summed E-state index contributed by atoms with van der Waals surface area (Å²) in [4.78, 5) is 11.5. The van der Waals surface area contributed by atoms with Crippen molar-refractivity contribution in [3.05, 3.63) is 35.4 Å². The van der Waals surface area contributed by atoms with Gasteiger partial charge in [0.05, 0.1) is 0 Å². The van der Waals surface area contributed by atoms with Crippen LogP contribution in [0.15, 0.2) is 24.3 Å². The average Bonchev–Trinajstić information content (AvgIpc) is 2.43. The fourth-order valence-electron chi connectivity index (χ4n) is 2.03. The first-order valence-corrected chi connectivity index (χ1v) is 7.35. The summed E-state index contributed by atoms with van der Waals surface area (Å²) in [5, 5.41) is 22.8. The van der Waals surface area contributed by atoms with Gasteiger partial charge in [0.25, 0.3) is 0 Å². The maximum Gasteiger partial charge on any atom is 0.407 e. The zero-order valence-electron chi connectivity index (χ0n) is 13.4. The highest BCUT2D eigenvalue weighted by Gasteiger charge is 2.22. The predicted octanol–water partition coefficient (Wildman–Crippen LogP) is 1.11. The minimum Gasteiger partial charge on any atom is -0.444 e. The Hall–Kier alpha value is -1.63. The van der Waals surface area contributed by atoms with Gasteiger partial charge in [0.15, 0.2) is 0 Å². The van der Waals surface area contributed by atoms with E-state index in [0.29, 0.717) is 18.5 Å². The van der Waals surface area contributed by atoms with Crippen LogP contribution >= 0.6 is 0 Å². The van der Waals surface area contributed by atoms with Crippen molar-refractivity contribution in [1.82, 2.24) is 5.32 Å². The van der Waals surface area contributed by atoms with Crippen molar-refractivity contribution in [2.45, 2.75) is 45.0 Å². The molecule has 6 nitrogen and oxygen atoms in total. The van der Waals surface area contributed by atoms with E-state index in [1.54, 1.807) is 32.9 Å². The summed E-state index contributed by atoms with van der Waals surface area (Å²) in [5.74, 6) is 0. The fourth-order valence-corrected chi connectivity index (χ4v) is 2.03. The van der Waals surface area contributed by atoms with Crippen LogP contribution < -0.4 is 11.1 Å². The molecule has 1 aromatic carbocycles. The smallest absolute Gasteiger partial charge is 0.407 e. The zero-order chi connectivity index (χ0) is 16.8. The molecular formula is C16H26N2O4. The van der Waals surface area contributed by atoms with Gasteiger partial charge in [-0.1, -0.05) is 24.3 Å². The Morgan fingerprint density at radius 3 is 2.55 bits per heavy atom. The topological polar surface area (TPSA) is 105 Å². The van der Waals surface area contributed by atoms with Gasteiger partial charge >= 0.3 is 6.09 Å². The number of rotatable bonds is 6. The molecule has 22 heavy (non-hydrogen) atoms. The second-order valence-electron chi connectivity index (χ2n) is 6.13. The summed E-state index contributed by atoms with van der Waals surface area (Å²) >= 11 is 0. The van der Waals surface area contributed by atoms with Crippen molar-refractivity contribution >= 4 is 6.09 Å². The van der Waals surface area contributed by atoms with Crippen LogP contribution in [0.25, 0.3) is 0 Å². The summed E-state index contributed by atoms with van der Waals surface area (Å²) in [6.07, 6.45) is -2.25. The number of ether oxygens (including phenoxy) is 1. The van der Waals surface area contributed by atoms with Crippen LogP contribution in [0.5, 0.6) is 0 Å². The first kappa shape index (κ1) is 18.4. The van der Waals surface area contributed by atoms with E-state index < -0.39 is 23.9 Å². The van der Waals surface area contributed by atoms with Gasteiger partial charge in [0, 0.05) is 6.54 Å². The Balaban J connectivity index is 2.62. The van der Waals surface area contributed by atoms with E-state index in [0.717, 1.165) is 5.56 Å². The van der Waals surface area contributed by atoms with Crippen molar-refractivity contribution in [3.63, 3.8) is 0 Å². The van der Waals surface area contributed by atoms with Crippen LogP contribution in [0.1, 0.15) is 38.0 Å². The van der Waals surface area contributed by atoms with Crippen molar-refractivity contribution in [2.75, 3.05) is 13.1 Å². The number of hydrogen-bond donors (Lipinski definition) is 4. The van der Waals surface area contributed by atoms with Gasteiger partial charge in [0.1, 0.15) is 17.8 Å². The summed E-state index contributed by atoms with van der Waals surface area (Å²) in [6, 6.07) is 7.24. The minimum absolute atomic E-state index is 0.104. The SMILES string of the molecule is CC(C)(C)OC(=O)NCC(O)C(O)c1ccccc1CCN. The molecule has 0 radical (unpaired) electrons. The van der Waals surface area contributed by atoms with Crippen LogP contribution in [0, 0.1) is 0 Å². The first-order chi connectivity index (χ1) is 10.2. The van der Waals surface area contributed by atoms with Crippen LogP contribution in [0.3, 0.4) is 0 Å². The molecule has 2 unspecified atom stereocenters. The molecule has 124 valence electrons. The molecule has 0 spiro atoms. The van der Waals surface area contributed by atoms with E-state index in [2.05, 4.69) is 5.32 Å². The van der Waals surface area contributed by atoms with E-state index in [9.17, 15) is 15.0 Å². The van der Waals surface area contributed by atoms with E-state index >= 15 is 0 Å². The van der Waals surface area contributed by atoms with Crippen LogP contribution in [0.2, 0.25) is 0 Å². The maximum absolute atomic E-state index is 11.5. The van der Waals surface area contributed by atoms with Crippen molar-refractivity contribution in [1.29, 1.82) is 0 Å². The van der Waals surface area contributed by atoms with Gasteiger partial charge in [-0.25, -0.2) is 4.79 Å². The van der Waals surface area contributed by atoms with E-state index in [4.69, 9.17) is 10.5 Å². The number of alkyl carbamates (subject to hydrolysis) is 1. The predicted molar refractivity (Wildman–Crippen MR) is 84.4 cm³/mol. The molecule has 0 aromatic heterocycles. The second-order valence-corrected chi connectivity index (χ2v) is 6.13. The lowest BCUT2D eigenvalue weighted by Crippen LogP contribution is -2.39. The molecule has 0 saturated heterocycles. The van der Waals surface area contributed by atoms with Crippen LogP contribution in [-0.4, -0.2) is 41.1 Å². The van der Waals surface area contributed by atoms with E-state index in [1.165, 1.54) is 0 Å². The maximum atomic E-state index is 11.5. The van der Waals surface area contributed by atoms with Crippen LogP contribution in [0.4, 0.5) is 4.79 Å². The number of carbonyl (C=O) groups excluding carboxylic acids is 1. The largest absolute Gasteiger partial charge is 0.444 e. The molecule has 2 atom stereocenters. The molecule has 0 aliphatic heterocycles. The fraction of sp³-hybridized carbons (Fsp3) is 0.562. The molecule has 5 N–H and O–H groups in total. The Morgan fingerprint density at radius 2 is 1.95 bits per heavy atom. The molecule has 1 amide bonds. The number of aliphatic hydroxyl groups excluding tert-OH is 2. The third kappa shape index (κ3) is 6.01. The second kappa shape index (κ2) is 8.12. The molecule has 1 aromatic rings. The Morgan fingerprint density at radius 1 is 1.32 bits per heavy atom. The quantitative estimate of drug-likeness (QED) is 0.630. The highest BCUT2D eigenvalue weighted by atomic mass is 16.6. The molecular weight excluding hydrogens is 284 g/mol. The standard InChI is InChI=1S/C16H26N2O4/c1-16(2,3)22-15(21)18-10-13(19)14(20)12-7-5-4-6-11(12)8-9-17/h4-7,13-14,19-20H,8-10,17H2,1-3H3,(H,18,21). The molecule has 0 aliphatic rings.